The zero-order valence-corrected chi connectivity index (χ0v) is 7.98. The molecule has 0 bridgehead atoms. The molecule has 0 aliphatic carbocycles. The molecule has 1 aromatic carbocycles. The summed E-state index contributed by atoms with van der Waals surface area (Å²) in [4.78, 5) is 11.8. The Hall–Kier alpha value is -0.960. The lowest BCUT2D eigenvalue weighted by Crippen LogP contribution is -2.13. The first-order valence-corrected chi connectivity index (χ1v) is 4.07. The third kappa shape index (κ3) is 1.46. The number of nitrogens with two attached hydrogens (primary N) is 1. The number of primary amides is 1. The molecule has 0 aromatic heterocycles. The van der Waals surface area contributed by atoms with E-state index in [0.717, 1.165) is 16.0 Å². The van der Waals surface area contributed by atoms with E-state index in [0.29, 0.717) is 5.56 Å². The fraction of sp³-hybridized carbons (Fsp3) is 0.222. The average Bonchev–Trinajstić information content (AvgIpc) is 2.00. The molecule has 2 nitrogen and oxygen atoms in total. The van der Waals surface area contributed by atoms with E-state index in [1.807, 2.05) is 13.8 Å². The van der Waals surface area contributed by atoms with E-state index in [1.54, 1.807) is 12.1 Å². The minimum absolute atomic E-state index is 0.385. The predicted molar refractivity (Wildman–Crippen MR) is 51.7 cm³/mol. The van der Waals surface area contributed by atoms with Crippen LogP contribution in [0.4, 0.5) is 0 Å². The van der Waals surface area contributed by atoms with Gasteiger partial charge in [0.15, 0.2) is 0 Å². The molecule has 12 heavy (non-hydrogen) atoms. The van der Waals surface area contributed by atoms with Crippen LogP contribution in [0, 0.1) is 13.8 Å². The highest BCUT2D eigenvalue weighted by Gasteiger charge is 2.07. The number of benzene rings is 1. The summed E-state index contributed by atoms with van der Waals surface area (Å²) < 4.78 is 0. The Balaban J connectivity index is 3.36. The van der Waals surface area contributed by atoms with Gasteiger partial charge in [-0.1, -0.05) is 0 Å². The van der Waals surface area contributed by atoms with Crippen LogP contribution in [0.15, 0.2) is 17.0 Å². The topological polar surface area (TPSA) is 43.1 Å². The second-order valence-electron chi connectivity index (χ2n) is 2.75. The Kier molecular flexibility index (Phi) is 2.43. The van der Waals surface area contributed by atoms with Crippen LogP contribution < -0.4 is 5.73 Å². The van der Waals surface area contributed by atoms with Gasteiger partial charge in [-0.15, -0.1) is 12.6 Å². The predicted octanol–water partition coefficient (Wildman–Crippen LogP) is 1.69. The first kappa shape index (κ1) is 9.13. The third-order valence-corrected chi connectivity index (χ3v) is 2.51. The molecule has 0 heterocycles. The summed E-state index contributed by atoms with van der Waals surface area (Å²) in [6.45, 7) is 3.79. The summed E-state index contributed by atoms with van der Waals surface area (Å²) in [7, 11) is 0. The summed E-state index contributed by atoms with van der Waals surface area (Å²) in [6, 6.07) is 3.48. The molecule has 1 amide bonds. The Morgan fingerprint density at radius 3 is 2.42 bits per heavy atom. The number of hydrogen-bond donors (Lipinski definition) is 2. The van der Waals surface area contributed by atoms with Gasteiger partial charge in [-0.2, -0.15) is 0 Å². The summed E-state index contributed by atoms with van der Waals surface area (Å²) in [5.41, 5.74) is 7.66. The fourth-order valence-electron chi connectivity index (χ4n) is 1.07. The van der Waals surface area contributed by atoms with Crippen molar-refractivity contribution in [1.29, 1.82) is 0 Å². The second kappa shape index (κ2) is 3.19. The largest absolute Gasteiger partial charge is 0.366 e. The molecule has 2 N–H and O–H groups in total. The lowest BCUT2D eigenvalue weighted by molar-refractivity contribution is 0.0999. The average molecular weight is 181 g/mol. The second-order valence-corrected chi connectivity index (χ2v) is 3.23. The molecular weight excluding hydrogens is 170 g/mol. The highest BCUT2D eigenvalue weighted by molar-refractivity contribution is 7.80. The minimum atomic E-state index is -0.385. The van der Waals surface area contributed by atoms with Crippen LogP contribution in [0.25, 0.3) is 0 Å². The van der Waals surface area contributed by atoms with Crippen molar-refractivity contribution in [3.05, 3.63) is 28.8 Å². The Morgan fingerprint density at radius 1 is 1.33 bits per heavy atom. The molecule has 0 aliphatic heterocycles. The maximum Gasteiger partial charge on any atom is 0.248 e. The molecule has 3 heteroatoms. The van der Waals surface area contributed by atoms with Crippen LogP contribution in [-0.4, -0.2) is 5.91 Å². The molecule has 0 unspecified atom stereocenters. The van der Waals surface area contributed by atoms with Crippen molar-refractivity contribution in [2.45, 2.75) is 18.7 Å². The summed E-state index contributed by atoms with van der Waals surface area (Å²) >= 11 is 4.23. The third-order valence-electron chi connectivity index (χ3n) is 2.02. The smallest absolute Gasteiger partial charge is 0.248 e. The molecule has 0 atom stereocenters. The van der Waals surface area contributed by atoms with E-state index in [-0.39, 0.29) is 5.91 Å². The summed E-state index contributed by atoms with van der Waals surface area (Å²) in [5.74, 6) is -0.385. The minimum Gasteiger partial charge on any atom is -0.366 e. The van der Waals surface area contributed by atoms with Crippen molar-refractivity contribution < 1.29 is 4.79 Å². The first-order valence-electron chi connectivity index (χ1n) is 3.63. The van der Waals surface area contributed by atoms with Crippen LogP contribution in [0.5, 0.6) is 0 Å². The normalized spacial score (nSPS) is 9.92. The van der Waals surface area contributed by atoms with E-state index < -0.39 is 0 Å². The molecular formula is C9H11NOS. The lowest BCUT2D eigenvalue weighted by Gasteiger charge is -2.06. The van der Waals surface area contributed by atoms with E-state index in [2.05, 4.69) is 12.6 Å². The summed E-state index contributed by atoms with van der Waals surface area (Å²) in [5, 5.41) is 0. The molecule has 0 radical (unpaired) electrons. The number of rotatable bonds is 1. The fourth-order valence-corrected chi connectivity index (χ4v) is 1.32. The van der Waals surface area contributed by atoms with Crippen molar-refractivity contribution in [2.24, 2.45) is 5.73 Å². The van der Waals surface area contributed by atoms with Crippen LogP contribution in [0.3, 0.4) is 0 Å². The van der Waals surface area contributed by atoms with Gasteiger partial charge in [0.05, 0.1) is 0 Å². The molecule has 0 aliphatic rings. The van der Waals surface area contributed by atoms with Gasteiger partial charge in [0, 0.05) is 10.5 Å². The lowest BCUT2D eigenvalue weighted by atomic mass is 10.0. The SMILES string of the molecule is Cc1c(S)ccc(C(N)=O)c1C. The van der Waals surface area contributed by atoms with E-state index >= 15 is 0 Å². The van der Waals surface area contributed by atoms with Gasteiger partial charge in [0.1, 0.15) is 0 Å². The number of amides is 1. The van der Waals surface area contributed by atoms with Gasteiger partial charge >= 0.3 is 0 Å². The first-order chi connectivity index (χ1) is 5.54. The van der Waals surface area contributed by atoms with Crippen molar-refractivity contribution in [3.63, 3.8) is 0 Å². The van der Waals surface area contributed by atoms with E-state index in [4.69, 9.17) is 5.73 Å². The molecule has 0 saturated carbocycles. The maximum absolute atomic E-state index is 10.9. The van der Waals surface area contributed by atoms with Crippen molar-refractivity contribution in [2.75, 3.05) is 0 Å². The zero-order valence-electron chi connectivity index (χ0n) is 7.09. The highest BCUT2D eigenvalue weighted by Crippen LogP contribution is 2.19. The Morgan fingerprint density at radius 2 is 1.92 bits per heavy atom. The number of carbonyl (C=O) groups is 1. The van der Waals surface area contributed by atoms with Crippen LogP contribution in [0.2, 0.25) is 0 Å². The van der Waals surface area contributed by atoms with Crippen molar-refractivity contribution >= 4 is 18.5 Å². The monoisotopic (exact) mass is 181 g/mol. The Bertz CT molecular complexity index is 334. The highest BCUT2D eigenvalue weighted by atomic mass is 32.1. The van der Waals surface area contributed by atoms with Gasteiger partial charge in [-0.3, -0.25) is 4.79 Å². The van der Waals surface area contributed by atoms with Gasteiger partial charge in [0.25, 0.3) is 0 Å². The molecule has 0 saturated heterocycles. The summed E-state index contributed by atoms with van der Waals surface area (Å²) in [6.07, 6.45) is 0. The van der Waals surface area contributed by atoms with Gasteiger partial charge in [0.2, 0.25) is 5.91 Å². The van der Waals surface area contributed by atoms with E-state index in [9.17, 15) is 4.79 Å². The van der Waals surface area contributed by atoms with Gasteiger partial charge in [-0.05, 0) is 37.1 Å². The maximum atomic E-state index is 10.9. The van der Waals surface area contributed by atoms with Gasteiger partial charge < -0.3 is 5.73 Å². The Labute approximate surface area is 77.2 Å². The van der Waals surface area contributed by atoms with Crippen molar-refractivity contribution in [1.82, 2.24) is 0 Å². The number of carbonyl (C=O) groups excluding carboxylic acids is 1. The molecule has 1 rings (SSSR count). The standard InChI is InChI=1S/C9H11NOS/c1-5-6(2)8(12)4-3-7(5)9(10)11/h3-4,12H,1-2H3,(H2,10,11). The van der Waals surface area contributed by atoms with Crippen LogP contribution >= 0.6 is 12.6 Å². The molecule has 0 spiro atoms. The number of hydrogen-bond acceptors (Lipinski definition) is 2. The van der Waals surface area contributed by atoms with E-state index in [1.165, 1.54) is 0 Å². The zero-order chi connectivity index (χ0) is 9.30. The van der Waals surface area contributed by atoms with Gasteiger partial charge in [-0.25, -0.2) is 0 Å². The molecule has 1 aromatic rings. The molecule has 64 valence electrons. The van der Waals surface area contributed by atoms with Crippen molar-refractivity contribution in [3.8, 4) is 0 Å². The molecule has 0 fully saturated rings. The van der Waals surface area contributed by atoms with Crippen LogP contribution in [-0.2, 0) is 0 Å². The number of thiol groups is 1. The quantitative estimate of drug-likeness (QED) is 0.636. The van der Waals surface area contributed by atoms with Crippen LogP contribution in [0.1, 0.15) is 21.5 Å².